The minimum Gasteiger partial charge on any atom is -0.462 e. The van der Waals surface area contributed by atoms with E-state index in [-0.39, 0.29) is 11.5 Å². The van der Waals surface area contributed by atoms with Gasteiger partial charge in [-0.3, -0.25) is 9.40 Å². The number of hydrogen-bond donors (Lipinski definition) is 1. The van der Waals surface area contributed by atoms with Gasteiger partial charge >= 0.3 is 5.97 Å². The van der Waals surface area contributed by atoms with Crippen LogP contribution in [0.15, 0.2) is 41.6 Å². The summed E-state index contributed by atoms with van der Waals surface area (Å²) in [5.74, 6) is -0.483. The smallest absolute Gasteiger partial charge is 0.338 e. The molecule has 7 nitrogen and oxygen atoms in total. The van der Waals surface area contributed by atoms with Crippen molar-refractivity contribution in [3.05, 3.63) is 42.2 Å². The standard InChI is InChI=1S/C14H17N3O4S/c1-3-17-10-12(9-15-17)16-22(19,20)13-7-5-11(6-8-13)14(18)21-4-2/h5-10,16H,3-4H2,1-2H3. The number of nitrogens with zero attached hydrogens (tertiary/aromatic N) is 2. The number of ether oxygens (including phenoxy) is 1. The Morgan fingerprint density at radius 2 is 1.95 bits per heavy atom. The van der Waals surface area contributed by atoms with Crippen molar-refractivity contribution in [1.29, 1.82) is 0 Å². The summed E-state index contributed by atoms with van der Waals surface area (Å²) in [6.45, 7) is 4.52. The lowest BCUT2D eigenvalue weighted by Gasteiger charge is -2.07. The summed E-state index contributed by atoms with van der Waals surface area (Å²) in [4.78, 5) is 11.6. The first-order valence-corrected chi connectivity index (χ1v) is 8.27. The molecular weight excluding hydrogens is 306 g/mol. The predicted molar refractivity (Wildman–Crippen MR) is 81.1 cm³/mol. The molecule has 0 aliphatic rings. The highest BCUT2D eigenvalue weighted by molar-refractivity contribution is 7.92. The Labute approximate surface area is 129 Å². The van der Waals surface area contributed by atoms with Gasteiger partial charge in [-0.15, -0.1) is 0 Å². The number of anilines is 1. The number of carbonyl (C=O) groups is 1. The Kier molecular flexibility index (Phi) is 4.81. The van der Waals surface area contributed by atoms with Crippen LogP contribution in [0.4, 0.5) is 5.69 Å². The van der Waals surface area contributed by atoms with Crippen molar-refractivity contribution in [1.82, 2.24) is 9.78 Å². The van der Waals surface area contributed by atoms with Crippen molar-refractivity contribution in [2.45, 2.75) is 25.3 Å². The normalized spacial score (nSPS) is 11.2. The lowest BCUT2D eigenvalue weighted by atomic mass is 10.2. The van der Waals surface area contributed by atoms with Crippen LogP contribution in [-0.4, -0.2) is 30.8 Å². The van der Waals surface area contributed by atoms with Crippen LogP contribution in [0.1, 0.15) is 24.2 Å². The van der Waals surface area contributed by atoms with E-state index >= 15 is 0 Å². The van der Waals surface area contributed by atoms with Crippen LogP contribution in [-0.2, 0) is 21.3 Å². The van der Waals surface area contributed by atoms with Crippen LogP contribution in [0.2, 0.25) is 0 Å². The number of carbonyl (C=O) groups excluding carboxylic acids is 1. The van der Waals surface area contributed by atoms with Gasteiger partial charge in [0.25, 0.3) is 10.0 Å². The maximum Gasteiger partial charge on any atom is 0.338 e. The summed E-state index contributed by atoms with van der Waals surface area (Å²) < 4.78 is 33.4. The second-order valence-electron chi connectivity index (χ2n) is 4.44. The number of benzene rings is 1. The molecule has 2 aromatic rings. The van der Waals surface area contributed by atoms with E-state index in [0.717, 1.165) is 0 Å². The first-order valence-electron chi connectivity index (χ1n) is 6.78. The summed E-state index contributed by atoms with van der Waals surface area (Å²) in [7, 11) is -3.72. The fourth-order valence-corrected chi connectivity index (χ4v) is 2.82. The highest BCUT2D eigenvalue weighted by atomic mass is 32.2. The lowest BCUT2D eigenvalue weighted by molar-refractivity contribution is 0.0526. The molecule has 0 aliphatic carbocycles. The first-order chi connectivity index (χ1) is 10.5. The largest absolute Gasteiger partial charge is 0.462 e. The SMILES string of the molecule is CCOC(=O)c1ccc(S(=O)(=O)Nc2cnn(CC)c2)cc1. The Bertz CT molecular complexity index is 751. The number of esters is 1. The van der Waals surface area contributed by atoms with Gasteiger partial charge in [-0.05, 0) is 38.1 Å². The second kappa shape index (κ2) is 6.61. The van der Waals surface area contributed by atoms with Crippen LogP contribution in [0.25, 0.3) is 0 Å². The molecule has 1 aromatic heterocycles. The van der Waals surface area contributed by atoms with Gasteiger partial charge in [-0.2, -0.15) is 5.10 Å². The van der Waals surface area contributed by atoms with Gasteiger partial charge in [0.2, 0.25) is 0 Å². The zero-order valence-corrected chi connectivity index (χ0v) is 13.1. The van der Waals surface area contributed by atoms with E-state index < -0.39 is 16.0 Å². The molecule has 1 heterocycles. The van der Waals surface area contributed by atoms with Gasteiger partial charge < -0.3 is 4.74 Å². The summed E-state index contributed by atoms with van der Waals surface area (Å²) >= 11 is 0. The Morgan fingerprint density at radius 1 is 1.27 bits per heavy atom. The van der Waals surface area contributed by atoms with E-state index in [1.807, 2.05) is 6.92 Å². The molecule has 0 bridgehead atoms. The highest BCUT2D eigenvalue weighted by Crippen LogP contribution is 2.16. The molecule has 0 atom stereocenters. The third-order valence-electron chi connectivity index (χ3n) is 2.89. The molecule has 0 saturated heterocycles. The van der Waals surface area contributed by atoms with Gasteiger partial charge in [-0.1, -0.05) is 0 Å². The molecule has 0 radical (unpaired) electrons. The summed E-state index contributed by atoms with van der Waals surface area (Å²) in [6.07, 6.45) is 3.04. The Balaban J connectivity index is 2.17. The molecule has 8 heteroatoms. The molecule has 1 N–H and O–H groups in total. The van der Waals surface area contributed by atoms with E-state index in [2.05, 4.69) is 9.82 Å². The van der Waals surface area contributed by atoms with Crippen LogP contribution < -0.4 is 4.72 Å². The molecule has 118 valence electrons. The number of sulfonamides is 1. The topological polar surface area (TPSA) is 90.3 Å². The van der Waals surface area contributed by atoms with Gasteiger partial charge in [0, 0.05) is 12.7 Å². The first kappa shape index (κ1) is 16.0. The quantitative estimate of drug-likeness (QED) is 0.820. The average molecular weight is 323 g/mol. The Hall–Kier alpha value is -2.35. The molecular formula is C14H17N3O4S. The van der Waals surface area contributed by atoms with E-state index in [0.29, 0.717) is 17.8 Å². The zero-order chi connectivity index (χ0) is 16.2. The summed E-state index contributed by atoms with van der Waals surface area (Å²) in [5, 5.41) is 4.00. The van der Waals surface area contributed by atoms with Crippen LogP contribution in [0, 0.1) is 0 Å². The molecule has 22 heavy (non-hydrogen) atoms. The average Bonchev–Trinajstić information content (AvgIpc) is 2.94. The molecule has 0 amide bonds. The van der Waals surface area contributed by atoms with Gasteiger partial charge in [0.1, 0.15) is 0 Å². The lowest BCUT2D eigenvalue weighted by Crippen LogP contribution is -2.13. The maximum atomic E-state index is 12.2. The molecule has 0 saturated carbocycles. The Morgan fingerprint density at radius 3 is 2.50 bits per heavy atom. The van der Waals surface area contributed by atoms with E-state index in [1.165, 1.54) is 30.5 Å². The molecule has 0 fully saturated rings. The number of hydrogen-bond acceptors (Lipinski definition) is 5. The summed E-state index contributed by atoms with van der Waals surface area (Å²) in [6, 6.07) is 5.56. The van der Waals surface area contributed by atoms with Gasteiger partial charge in [0.05, 0.1) is 29.0 Å². The van der Waals surface area contributed by atoms with E-state index in [4.69, 9.17) is 4.74 Å². The number of aryl methyl sites for hydroxylation is 1. The van der Waals surface area contributed by atoms with Crippen molar-refractivity contribution in [3.63, 3.8) is 0 Å². The number of aromatic nitrogens is 2. The van der Waals surface area contributed by atoms with Crippen LogP contribution in [0.5, 0.6) is 0 Å². The molecule has 0 spiro atoms. The van der Waals surface area contributed by atoms with Gasteiger partial charge in [0.15, 0.2) is 0 Å². The molecule has 2 rings (SSSR count). The van der Waals surface area contributed by atoms with E-state index in [9.17, 15) is 13.2 Å². The summed E-state index contributed by atoms with van der Waals surface area (Å²) in [5.41, 5.74) is 0.691. The van der Waals surface area contributed by atoms with Gasteiger partial charge in [-0.25, -0.2) is 13.2 Å². The van der Waals surface area contributed by atoms with Crippen molar-refractivity contribution >= 4 is 21.7 Å². The molecule has 0 aliphatic heterocycles. The van der Waals surface area contributed by atoms with E-state index in [1.54, 1.807) is 17.8 Å². The number of nitrogens with one attached hydrogen (secondary N) is 1. The minimum absolute atomic E-state index is 0.0600. The number of rotatable bonds is 6. The fraction of sp³-hybridized carbons (Fsp3) is 0.286. The molecule has 1 aromatic carbocycles. The monoisotopic (exact) mass is 323 g/mol. The molecule has 0 unspecified atom stereocenters. The second-order valence-corrected chi connectivity index (χ2v) is 6.12. The third-order valence-corrected chi connectivity index (χ3v) is 4.28. The van der Waals surface area contributed by atoms with Crippen LogP contribution in [0.3, 0.4) is 0 Å². The highest BCUT2D eigenvalue weighted by Gasteiger charge is 2.16. The van der Waals surface area contributed by atoms with Crippen molar-refractivity contribution < 1.29 is 17.9 Å². The zero-order valence-electron chi connectivity index (χ0n) is 12.3. The van der Waals surface area contributed by atoms with Crippen molar-refractivity contribution in [2.24, 2.45) is 0 Å². The minimum atomic E-state index is -3.72. The predicted octanol–water partition coefficient (Wildman–Crippen LogP) is 1.88. The van der Waals surface area contributed by atoms with Crippen molar-refractivity contribution in [2.75, 3.05) is 11.3 Å². The van der Waals surface area contributed by atoms with Crippen molar-refractivity contribution in [3.8, 4) is 0 Å². The third kappa shape index (κ3) is 3.64. The maximum absolute atomic E-state index is 12.2. The fourth-order valence-electron chi connectivity index (χ4n) is 1.79. The van der Waals surface area contributed by atoms with Crippen LogP contribution >= 0.6 is 0 Å².